The molecule has 2 aliphatic rings. The average Bonchev–Trinajstić information content (AvgIpc) is 3.97. The van der Waals surface area contributed by atoms with E-state index in [1.165, 1.54) is 44.7 Å². The van der Waals surface area contributed by atoms with Gasteiger partial charge in [0.1, 0.15) is 71.6 Å². The van der Waals surface area contributed by atoms with Crippen LogP contribution in [0.3, 0.4) is 0 Å². The number of fused-ring (bicyclic) bond motifs is 1. The summed E-state index contributed by atoms with van der Waals surface area (Å²) in [6.07, 6.45) is -9.24. The van der Waals surface area contributed by atoms with Crippen LogP contribution in [0.15, 0.2) is 29.7 Å². The summed E-state index contributed by atoms with van der Waals surface area (Å²) in [7, 11) is -7.50. The Morgan fingerprint density at radius 3 is 2.14 bits per heavy atom. The number of alkyl carbamates (subject to hydrolysis) is 2. The number of unbranched alkanes of at least 4 members (excludes halogenated alkanes) is 1. The molecule has 3 unspecified atom stereocenters. The molecular formula is C42H67N11O19P2S2. The van der Waals surface area contributed by atoms with E-state index in [0.29, 0.717) is 0 Å². The highest BCUT2D eigenvalue weighted by atomic mass is 33.1. The number of carbonyl (C=O) groups is 4. The van der Waals surface area contributed by atoms with Gasteiger partial charge in [-0.05, 0) is 66.9 Å². The number of esters is 1. The summed E-state index contributed by atoms with van der Waals surface area (Å²) in [4.78, 5) is 112. The highest BCUT2D eigenvalue weighted by Crippen LogP contribution is 2.50. The van der Waals surface area contributed by atoms with Crippen molar-refractivity contribution in [3.8, 4) is 0 Å². The number of nitrogens with one attached hydrogen (secondary N) is 3. The van der Waals surface area contributed by atoms with Gasteiger partial charge in [-0.25, -0.2) is 43.3 Å². The first-order valence-electron chi connectivity index (χ1n) is 23.6. The molecule has 5 rings (SSSR count). The van der Waals surface area contributed by atoms with Crippen LogP contribution in [-0.4, -0.2) is 157 Å². The number of aliphatic hydroxyl groups excluding tert-OH is 1. The molecule has 30 nitrogen and oxygen atoms in total. The Morgan fingerprint density at radius 2 is 1.53 bits per heavy atom. The molecule has 2 fully saturated rings. The summed E-state index contributed by atoms with van der Waals surface area (Å²) >= 11 is 0. The zero-order valence-electron chi connectivity index (χ0n) is 43.1. The Labute approximate surface area is 444 Å². The minimum atomic E-state index is -5.30. The first-order valence-corrected chi connectivity index (χ1v) is 28.9. The van der Waals surface area contributed by atoms with E-state index in [4.69, 9.17) is 44.2 Å². The van der Waals surface area contributed by atoms with Crippen molar-refractivity contribution in [1.29, 1.82) is 0 Å². The van der Waals surface area contributed by atoms with Crippen molar-refractivity contribution in [3.63, 3.8) is 0 Å². The lowest BCUT2D eigenvalue weighted by Gasteiger charge is -2.26. The van der Waals surface area contributed by atoms with Gasteiger partial charge >= 0.3 is 39.5 Å². The lowest BCUT2D eigenvalue weighted by atomic mass is 10.1. The van der Waals surface area contributed by atoms with E-state index in [2.05, 4.69) is 40.4 Å². The van der Waals surface area contributed by atoms with Crippen LogP contribution in [0, 0.1) is 0 Å². The third-order valence-electron chi connectivity index (χ3n) is 10.4. The second-order valence-corrected chi connectivity index (χ2v) is 26.1. The molecule has 10 atom stereocenters. The van der Waals surface area contributed by atoms with Crippen LogP contribution in [0.2, 0.25) is 0 Å². The molecule has 426 valence electrons. The molecule has 34 heteroatoms. The molecule has 0 saturated carbocycles. The number of amides is 3. The summed E-state index contributed by atoms with van der Waals surface area (Å²) in [6, 6.07) is -1.17. The van der Waals surface area contributed by atoms with Crippen molar-refractivity contribution in [1.82, 2.24) is 45.0 Å². The molecule has 2 saturated heterocycles. The molecule has 5 heterocycles. The largest absolute Gasteiger partial charge is 0.472 e. The number of phosphoric acid groups is 2. The molecule has 76 heavy (non-hydrogen) atoms. The fourth-order valence-electron chi connectivity index (χ4n) is 7.24. The lowest BCUT2D eigenvalue weighted by Crippen LogP contribution is -2.49. The third kappa shape index (κ3) is 19.3. The first kappa shape index (κ1) is 62.2. The van der Waals surface area contributed by atoms with Crippen LogP contribution >= 0.6 is 37.2 Å². The smallest absolute Gasteiger partial charge is 0.455 e. The van der Waals surface area contributed by atoms with Gasteiger partial charge in [0.25, 0.3) is 0 Å². The van der Waals surface area contributed by atoms with Crippen molar-refractivity contribution in [2.24, 2.45) is 0 Å². The summed E-state index contributed by atoms with van der Waals surface area (Å²) in [5.74, 6) is -1.55. The van der Waals surface area contributed by atoms with Gasteiger partial charge in [0.05, 0.1) is 19.5 Å². The van der Waals surface area contributed by atoms with Gasteiger partial charge in [0, 0.05) is 29.7 Å². The van der Waals surface area contributed by atoms with E-state index >= 15 is 0 Å². The van der Waals surface area contributed by atoms with E-state index < -0.39 is 125 Å². The summed E-state index contributed by atoms with van der Waals surface area (Å²) in [6.45, 7) is 14.1. The third-order valence-corrected chi connectivity index (χ3v) is 15.2. The maximum atomic E-state index is 14.2. The molecule has 0 radical (unpaired) electrons. The van der Waals surface area contributed by atoms with Crippen LogP contribution in [-0.2, 0) is 56.0 Å². The van der Waals surface area contributed by atoms with Crippen molar-refractivity contribution in [2.75, 3.05) is 37.0 Å². The van der Waals surface area contributed by atoms with Crippen LogP contribution in [0.5, 0.6) is 0 Å². The molecule has 3 amide bonds. The number of carbonyl (C=O) groups excluding carboxylic acids is 4. The summed E-state index contributed by atoms with van der Waals surface area (Å²) in [5.41, 5.74) is 9.06. The molecule has 0 bridgehead atoms. The van der Waals surface area contributed by atoms with Gasteiger partial charge in [-0.2, -0.15) is 4.98 Å². The standard InChI is InChI=1S/C42H67N11O19P2S2/c1-40(2,3)70-38(58)49-22(12-10-11-14-45-34(55)23(19-75-76-42(7,8)9)50-39(59)71-41(4,5)6)36(56)69-31-26(68-35(30(31)54)53-21-48-29-32(44)46-20-47-33(29)53)18-66-74(63,64)72-24-16-28(52-15-13-27(43)51-37(52)57)67-25(24)17-65-73(60,61)62/h13,15,20-26,28,30-31,35,54H,10-12,14,16-19H2,1-9H3,(H,45,55)(H,49,58)(H,50,59)(H,63,64)(H2,43,51,57)(H2,44,46,47)(H2,60,61,62)/t22-,23+,24+,25-,26+,28?,30-,31-,35?/m1/s1. The van der Waals surface area contributed by atoms with E-state index in [9.17, 15) is 52.9 Å². The molecule has 0 aromatic carbocycles. The number of nitrogens with two attached hydrogens (primary N) is 2. The first-order chi connectivity index (χ1) is 35.2. The quantitative estimate of drug-likeness (QED) is 0.0217. The van der Waals surface area contributed by atoms with Crippen LogP contribution in [0.25, 0.3) is 11.2 Å². The van der Waals surface area contributed by atoms with E-state index in [-0.39, 0.29) is 65.5 Å². The second-order valence-electron chi connectivity index (χ2n) is 20.3. The van der Waals surface area contributed by atoms with E-state index in [1.54, 1.807) is 41.5 Å². The van der Waals surface area contributed by atoms with Gasteiger partial charge < -0.3 is 70.9 Å². The van der Waals surface area contributed by atoms with Gasteiger partial charge in [0.15, 0.2) is 23.8 Å². The number of phosphoric ester groups is 2. The summed E-state index contributed by atoms with van der Waals surface area (Å²) < 4.78 is 71.3. The number of aliphatic hydroxyl groups is 1. The zero-order chi connectivity index (χ0) is 56.6. The predicted octanol–water partition coefficient (Wildman–Crippen LogP) is 2.57. The normalized spacial score (nSPS) is 22.8. The topological polar surface area (TPSA) is 424 Å². The molecular weight excluding hydrogens is 1090 g/mol. The van der Waals surface area contributed by atoms with Crippen molar-refractivity contribution < 1.29 is 85.4 Å². The van der Waals surface area contributed by atoms with Gasteiger partial charge in [-0.3, -0.25) is 27.5 Å². The number of aromatic nitrogens is 6. The minimum absolute atomic E-state index is 0.0280. The van der Waals surface area contributed by atoms with Crippen LogP contribution in [0.4, 0.5) is 21.2 Å². The van der Waals surface area contributed by atoms with Crippen molar-refractivity contribution in [2.45, 2.75) is 159 Å². The molecule has 0 spiro atoms. The monoisotopic (exact) mass is 1160 g/mol. The fraction of sp³-hybridized carbons (Fsp3) is 0.690. The number of anilines is 2. The maximum absolute atomic E-state index is 14.2. The molecule has 11 N–H and O–H groups in total. The van der Waals surface area contributed by atoms with Crippen LogP contribution < -0.4 is 33.1 Å². The Morgan fingerprint density at radius 1 is 0.882 bits per heavy atom. The lowest BCUT2D eigenvalue weighted by molar-refractivity contribution is -0.159. The number of nitrogens with zero attached hydrogens (tertiary/aromatic N) is 6. The van der Waals surface area contributed by atoms with Crippen molar-refractivity contribution in [3.05, 3.63) is 35.4 Å². The zero-order valence-corrected chi connectivity index (χ0v) is 46.5. The second kappa shape index (κ2) is 25.8. The Balaban J connectivity index is 1.33. The SMILES string of the molecule is CC(C)(C)OC(=O)N[C@@H](CSSC(C)(C)C)C(=O)NCCCC[C@@H](NC(=O)OC(C)(C)C)C(=O)O[C@@H]1[C@H](COP(=O)(O)O[C@H]2CC(n3ccc(N)nc3=O)O[C@@H]2COP(=O)(O)O)OC(n2cnc3c(N)ncnc32)[C@@H]1O. The van der Waals surface area contributed by atoms with Gasteiger partial charge in [0.2, 0.25) is 5.91 Å². The number of hydrogen-bond donors (Lipinski definition) is 9. The van der Waals surface area contributed by atoms with E-state index in [1.807, 2.05) is 20.8 Å². The van der Waals surface area contributed by atoms with Crippen LogP contribution in [0.1, 0.15) is 100 Å². The molecule has 3 aromatic rings. The number of nitrogen functional groups attached to an aromatic ring is 2. The number of ether oxygens (including phenoxy) is 5. The minimum Gasteiger partial charge on any atom is -0.455 e. The Hall–Kier alpha value is -4.69. The highest BCUT2D eigenvalue weighted by Gasteiger charge is 2.50. The molecule has 0 aliphatic carbocycles. The number of hydrogen-bond acceptors (Lipinski definition) is 24. The van der Waals surface area contributed by atoms with E-state index in [0.717, 1.165) is 10.9 Å². The Bertz CT molecular complexity index is 2660. The predicted molar refractivity (Wildman–Crippen MR) is 273 cm³/mol. The highest BCUT2D eigenvalue weighted by molar-refractivity contribution is 8.77. The molecule has 3 aromatic heterocycles. The fourth-order valence-corrected chi connectivity index (χ4v) is 11.0. The average molecular weight is 1160 g/mol. The maximum Gasteiger partial charge on any atom is 0.472 e. The number of imidazole rings is 1. The Kier molecular flexibility index (Phi) is 21.1. The summed E-state index contributed by atoms with van der Waals surface area (Å²) in [5, 5.41) is 19.8. The van der Waals surface area contributed by atoms with Gasteiger partial charge in [-0.15, -0.1) is 0 Å². The number of rotatable bonds is 23. The molecule has 2 aliphatic heterocycles. The van der Waals surface area contributed by atoms with Gasteiger partial charge in [-0.1, -0.05) is 42.4 Å². The van der Waals surface area contributed by atoms with Crippen molar-refractivity contribution >= 4 is 84.1 Å².